The number of hydrogen-bond donors (Lipinski definition) is 2. The van der Waals surface area contributed by atoms with E-state index in [-0.39, 0.29) is 0 Å². The van der Waals surface area contributed by atoms with Crippen molar-refractivity contribution in [1.29, 1.82) is 0 Å². The third-order valence-electron chi connectivity index (χ3n) is 2.42. The van der Waals surface area contributed by atoms with Gasteiger partial charge in [-0.15, -0.1) is 0 Å². The molecular weight excluding hydrogens is 205 g/mol. The fourth-order valence-corrected chi connectivity index (χ4v) is 1.78. The summed E-state index contributed by atoms with van der Waals surface area (Å²) in [4.78, 5) is 0. The molecule has 1 unspecified atom stereocenters. The summed E-state index contributed by atoms with van der Waals surface area (Å²) in [5.74, 6) is 0. The van der Waals surface area contributed by atoms with Gasteiger partial charge in [0.1, 0.15) is 5.67 Å². The fourth-order valence-electron chi connectivity index (χ4n) is 1.78. The van der Waals surface area contributed by atoms with E-state index in [0.717, 1.165) is 11.1 Å². The molecule has 1 atom stereocenters. The highest BCUT2D eigenvalue weighted by molar-refractivity contribution is 5.30. The average molecular weight is 225 g/mol. The predicted molar refractivity (Wildman–Crippen MR) is 64.2 cm³/mol. The lowest BCUT2D eigenvalue weighted by Crippen LogP contribution is -2.21. The van der Waals surface area contributed by atoms with Crippen molar-refractivity contribution in [3.05, 3.63) is 35.4 Å². The maximum Gasteiger partial charge on any atom is 0.109 e. The van der Waals surface area contributed by atoms with Crippen LogP contribution in [0.15, 0.2) is 24.3 Å². The number of aliphatic hydroxyl groups excluding tert-OH is 1. The molecule has 0 aliphatic carbocycles. The van der Waals surface area contributed by atoms with E-state index in [1.807, 2.05) is 24.3 Å². The van der Waals surface area contributed by atoms with E-state index in [1.54, 1.807) is 20.9 Å². The number of hydrogen-bond acceptors (Lipinski definition) is 2. The van der Waals surface area contributed by atoms with Crippen LogP contribution in [-0.4, -0.2) is 24.4 Å². The van der Waals surface area contributed by atoms with E-state index >= 15 is 0 Å². The van der Waals surface area contributed by atoms with Gasteiger partial charge in [-0.25, -0.2) is 4.39 Å². The maximum absolute atomic E-state index is 13.6. The summed E-state index contributed by atoms with van der Waals surface area (Å²) in [5.41, 5.74) is 0.426. The Labute approximate surface area is 96.5 Å². The molecule has 1 aromatic carbocycles. The van der Waals surface area contributed by atoms with E-state index < -0.39 is 11.8 Å². The Morgan fingerprint density at radius 1 is 1.38 bits per heavy atom. The Bertz CT molecular complexity index is 333. The Hall–Kier alpha value is -0.930. The lowest BCUT2D eigenvalue weighted by molar-refractivity contribution is 0.173. The Morgan fingerprint density at radius 3 is 2.56 bits per heavy atom. The molecule has 0 aliphatic rings. The summed E-state index contributed by atoms with van der Waals surface area (Å²) >= 11 is 0. The van der Waals surface area contributed by atoms with E-state index in [0.29, 0.717) is 13.0 Å². The van der Waals surface area contributed by atoms with Gasteiger partial charge in [-0.2, -0.15) is 0 Å². The van der Waals surface area contributed by atoms with Crippen molar-refractivity contribution in [3.8, 4) is 0 Å². The van der Waals surface area contributed by atoms with E-state index in [1.165, 1.54) is 0 Å². The lowest BCUT2D eigenvalue weighted by Gasteiger charge is -2.19. The van der Waals surface area contributed by atoms with Crippen molar-refractivity contribution in [1.82, 2.24) is 5.32 Å². The lowest BCUT2D eigenvalue weighted by atomic mass is 9.93. The summed E-state index contributed by atoms with van der Waals surface area (Å²) in [6.45, 7) is 3.58. The quantitative estimate of drug-likeness (QED) is 0.805. The van der Waals surface area contributed by atoms with Crippen LogP contribution in [0, 0.1) is 0 Å². The molecule has 90 valence electrons. The SMILES string of the molecule is CNCC(O)c1ccccc1CC(C)(C)F. The van der Waals surface area contributed by atoms with Gasteiger partial charge >= 0.3 is 0 Å². The monoisotopic (exact) mass is 225 g/mol. The summed E-state index contributed by atoms with van der Waals surface area (Å²) in [7, 11) is 1.78. The molecule has 0 radical (unpaired) electrons. The largest absolute Gasteiger partial charge is 0.387 e. The molecule has 0 amide bonds. The zero-order chi connectivity index (χ0) is 12.2. The molecule has 16 heavy (non-hydrogen) atoms. The fraction of sp³-hybridized carbons (Fsp3) is 0.538. The minimum Gasteiger partial charge on any atom is -0.387 e. The molecule has 1 aromatic rings. The number of halogens is 1. The van der Waals surface area contributed by atoms with Crippen LogP contribution in [0.4, 0.5) is 4.39 Å². The first-order valence-corrected chi connectivity index (χ1v) is 5.53. The van der Waals surface area contributed by atoms with Crippen molar-refractivity contribution in [2.45, 2.75) is 32.0 Å². The van der Waals surface area contributed by atoms with Crippen molar-refractivity contribution in [2.24, 2.45) is 0 Å². The van der Waals surface area contributed by atoms with Crippen LogP contribution in [0.3, 0.4) is 0 Å². The Balaban J connectivity index is 2.91. The molecule has 0 spiro atoms. The first-order valence-electron chi connectivity index (χ1n) is 5.53. The van der Waals surface area contributed by atoms with Gasteiger partial charge in [0.15, 0.2) is 0 Å². The zero-order valence-electron chi connectivity index (χ0n) is 10.1. The van der Waals surface area contributed by atoms with Crippen LogP contribution in [-0.2, 0) is 6.42 Å². The van der Waals surface area contributed by atoms with Gasteiger partial charge in [0.25, 0.3) is 0 Å². The van der Waals surface area contributed by atoms with Crippen molar-refractivity contribution in [3.63, 3.8) is 0 Å². The van der Waals surface area contributed by atoms with Gasteiger partial charge in [0, 0.05) is 13.0 Å². The van der Waals surface area contributed by atoms with E-state index in [9.17, 15) is 9.50 Å². The second kappa shape index (κ2) is 5.41. The van der Waals surface area contributed by atoms with E-state index in [2.05, 4.69) is 5.32 Å². The molecule has 2 N–H and O–H groups in total. The summed E-state index contributed by atoms with van der Waals surface area (Å²) in [6.07, 6.45) is -0.257. The highest BCUT2D eigenvalue weighted by atomic mass is 19.1. The van der Waals surface area contributed by atoms with Crippen LogP contribution < -0.4 is 5.32 Å². The smallest absolute Gasteiger partial charge is 0.109 e. The number of benzene rings is 1. The normalized spacial score (nSPS) is 13.8. The molecule has 0 heterocycles. The molecule has 3 heteroatoms. The van der Waals surface area contributed by atoms with Crippen LogP contribution in [0.2, 0.25) is 0 Å². The first-order chi connectivity index (χ1) is 7.44. The Morgan fingerprint density at radius 2 is 2.00 bits per heavy atom. The zero-order valence-corrected chi connectivity index (χ0v) is 10.1. The van der Waals surface area contributed by atoms with Gasteiger partial charge in [0.05, 0.1) is 6.10 Å². The Kier molecular flexibility index (Phi) is 4.44. The molecular formula is C13H20FNO. The molecule has 0 fully saturated rings. The number of likely N-dealkylation sites (N-methyl/N-ethyl adjacent to an activating group) is 1. The van der Waals surface area contributed by atoms with Crippen molar-refractivity contribution in [2.75, 3.05) is 13.6 Å². The summed E-state index contributed by atoms with van der Waals surface area (Å²) < 4.78 is 13.6. The molecule has 0 bridgehead atoms. The minimum absolute atomic E-state index is 0.323. The summed E-state index contributed by atoms with van der Waals surface area (Å²) in [6, 6.07) is 7.46. The minimum atomic E-state index is -1.25. The average Bonchev–Trinajstić information content (AvgIpc) is 2.16. The van der Waals surface area contributed by atoms with Crippen LogP contribution in [0.1, 0.15) is 31.1 Å². The number of alkyl halides is 1. The number of rotatable bonds is 5. The maximum atomic E-state index is 13.6. The van der Waals surface area contributed by atoms with Gasteiger partial charge in [-0.1, -0.05) is 24.3 Å². The highest BCUT2D eigenvalue weighted by Gasteiger charge is 2.20. The van der Waals surface area contributed by atoms with Crippen LogP contribution in [0.5, 0.6) is 0 Å². The predicted octanol–water partition coefficient (Wildman–Crippen LogP) is 2.23. The van der Waals surface area contributed by atoms with Crippen molar-refractivity contribution >= 4 is 0 Å². The molecule has 0 aromatic heterocycles. The van der Waals surface area contributed by atoms with Gasteiger partial charge < -0.3 is 10.4 Å². The second-order valence-corrected chi connectivity index (χ2v) is 4.67. The third kappa shape index (κ3) is 3.91. The molecule has 0 aliphatic heterocycles. The second-order valence-electron chi connectivity index (χ2n) is 4.67. The molecule has 1 rings (SSSR count). The highest BCUT2D eigenvalue weighted by Crippen LogP contribution is 2.23. The third-order valence-corrected chi connectivity index (χ3v) is 2.42. The van der Waals surface area contributed by atoms with Crippen LogP contribution in [0.25, 0.3) is 0 Å². The standard InChI is InChI=1S/C13H20FNO/c1-13(2,14)8-10-6-4-5-7-11(10)12(16)9-15-3/h4-7,12,15-16H,8-9H2,1-3H3. The molecule has 0 saturated carbocycles. The van der Waals surface area contributed by atoms with Gasteiger partial charge in [-0.3, -0.25) is 0 Å². The van der Waals surface area contributed by atoms with Crippen molar-refractivity contribution < 1.29 is 9.50 Å². The van der Waals surface area contributed by atoms with Gasteiger partial charge in [0.2, 0.25) is 0 Å². The topological polar surface area (TPSA) is 32.3 Å². The number of aliphatic hydroxyl groups is 1. The van der Waals surface area contributed by atoms with Crippen LogP contribution >= 0.6 is 0 Å². The molecule has 0 saturated heterocycles. The number of nitrogens with one attached hydrogen (secondary N) is 1. The van der Waals surface area contributed by atoms with Gasteiger partial charge in [-0.05, 0) is 32.0 Å². The first kappa shape index (κ1) is 13.1. The summed E-state index contributed by atoms with van der Waals surface area (Å²) in [5, 5.41) is 12.8. The molecule has 2 nitrogen and oxygen atoms in total. The van der Waals surface area contributed by atoms with E-state index in [4.69, 9.17) is 0 Å².